The van der Waals surface area contributed by atoms with E-state index in [0.29, 0.717) is 13.1 Å². The lowest BCUT2D eigenvalue weighted by Crippen LogP contribution is -2.38. The van der Waals surface area contributed by atoms with Gasteiger partial charge in [0.1, 0.15) is 5.75 Å². The molecule has 0 aromatic heterocycles. The summed E-state index contributed by atoms with van der Waals surface area (Å²) in [6.07, 6.45) is 2.91. The van der Waals surface area contributed by atoms with Crippen molar-refractivity contribution in [1.29, 1.82) is 0 Å². The zero-order valence-electron chi connectivity index (χ0n) is 13.1. The number of benzene rings is 1. The van der Waals surface area contributed by atoms with Gasteiger partial charge in [0, 0.05) is 13.1 Å². The van der Waals surface area contributed by atoms with Crippen LogP contribution in [-0.4, -0.2) is 39.2 Å². The summed E-state index contributed by atoms with van der Waals surface area (Å²) in [6.45, 7) is 4.49. The third-order valence-electron chi connectivity index (χ3n) is 3.24. The molecule has 0 bridgehead atoms. The third-order valence-corrected chi connectivity index (χ3v) is 3.24. The van der Waals surface area contributed by atoms with E-state index in [2.05, 4.69) is 12.2 Å². The molecule has 21 heavy (non-hydrogen) atoms. The molecule has 1 aromatic rings. The predicted molar refractivity (Wildman–Crippen MR) is 86.8 cm³/mol. The molecule has 1 rings (SSSR count). The first kappa shape index (κ1) is 17.3. The SMILES string of the molecule is CCCCNC(=O)CN(CCCN)c1ccccc1OC. The minimum absolute atomic E-state index is 0.0337. The monoisotopic (exact) mass is 293 g/mol. The van der Waals surface area contributed by atoms with Crippen LogP contribution in [0.5, 0.6) is 5.75 Å². The van der Waals surface area contributed by atoms with Gasteiger partial charge in [0.05, 0.1) is 19.3 Å². The summed E-state index contributed by atoms with van der Waals surface area (Å²) in [5.74, 6) is 0.808. The van der Waals surface area contributed by atoms with Gasteiger partial charge in [-0.15, -0.1) is 0 Å². The number of carbonyl (C=O) groups is 1. The molecule has 5 nitrogen and oxygen atoms in total. The summed E-state index contributed by atoms with van der Waals surface area (Å²) in [4.78, 5) is 14.1. The first-order valence-electron chi connectivity index (χ1n) is 7.57. The average molecular weight is 293 g/mol. The van der Waals surface area contributed by atoms with Crippen molar-refractivity contribution < 1.29 is 9.53 Å². The van der Waals surface area contributed by atoms with E-state index in [9.17, 15) is 4.79 Å². The molecule has 0 atom stereocenters. The Balaban J connectivity index is 2.73. The summed E-state index contributed by atoms with van der Waals surface area (Å²) in [6, 6.07) is 7.74. The van der Waals surface area contributed by atoms with Crippen LogP contribution >= 0.6 is 0 Å². The van der Waals surface area contributed by atoms with Gasteiger partial charge in [-0.2, -0.15) is 0 Å². The number of hydrogen-bond acceptors (Lipinski definition) is 4. The zero-order chi connectivity index (χ0) is 15.5. The minimum atomic E-state index is 0.0337. The Morgan fingerprint density at radius 1 is 1.33 bits per heavy atom. The van der Waals surface area contributed by atoms with Gasteiger partial charge in [-0.05, 0) is 31.5 Å². The molecule has 0 unspecified atom stereocenters. The van der Waals surface area contributed by atoms with Gasteiger partial charge in [-0.25, -0.2) is 0 Å². The standard InChI is InChI=1S/C16H27N3O2/c1-3-4-11-18-16(20)13-19(12-7-10-17)14-8-5-6-9-15(14)21-2/h5-6,8-9H,3-4,7,10-13,17H2,1-2H3,(H,18,20). The van der Waals surface area contributed by atoms with Gasteiger partial charge in [-0.1, -0.05) is 25.5 Å². The molecule has 0 radical (unpaired) electrons. The Morgan fingerprint density at radius 2 is 2.10 bits per heavy atom. The van der Waals surface area contributed by atoms with Crippen LogP contribution in [0, 0.1) is 0 Å². The maximum Gasteiger partial charge on any atom is 0.239 e. The topological polar surface area (TPSA) is 67.6 Å². The normalized spacial score (nSPS) is 10.2. The molecule has 1 aromatic carbocycles. The summed E-state index contributed by atoms with van der Waals surface area (Å²) < 4.78 is 5.38. The molecule has 3 N–H and O–H groups in total. The summed E-state index contributed by atoms with van der Waals surface area (Å²) >= 11 is 0. The maximum absolute atomic E-state index is 12.0. The number of hydrogen-bond donors (Lipinski definition) is 2. The summed E-state index contributed by atoms with van der Waals surface area (Å²) in [7, 11) is 1.64. The Morgan fingerprint density at radius 3 is 2.76 bits per heavy atom. The van der Waals surface area contributed by atoms with Crippen LogP contribution in [0.4, 0.5) is 5.69 Å². The molecule has 118 valence electrons. The number of carbonyl (C=O) groups excluding carboxylic acids is 1. The summed E-state index contributed by atoms with van der Waals surface area (Å²) in [5, 5.41) is 2.95. The third kappa shape index (κ3) is 6.04. The van der Waals surface area contributed by atoms with Gasteiger partial charge < -0.3 is 20.7 Å². The highest BCUT2D eigenvalue weighted by molar-refractivity contribution is 5.82. The minimum Gasteiger partial charge on any atom is -0.495 e. The molecular weight excluding hydrogens is 266 g/mol. The van der Waals surface area contributed by atoms with Gasteiger partial charge in [-0.3, -0.25) is 4.79 Å². The van der Waals surface area contributed by atoms with Crippen LogP contribution in [0.15, 0.2) is 24.3 Å². The fourth-order valence-corrected chi connectivity index (χ4v) is 2.09. The van der Waals surface area contributed by atoms with E-state index >= 15 is 0 Å². The van der Waals surface area contributed by atoms with Crippen LogP contribution in [0.3, 0.4) is 0 Å². The number of ether oxygens (including phenoxy) is 1. The van der Waals surface area contributed by atoms with Crippen LogP contribution in [0.2, 0.25) is 0 Å². The lowest BCUT2D eigenvalue weighted by Gasteiger charge is -2.25. The van der Waals surface area contributed by atoms with Gasteiger partial charge >= 0.3 is 0 Å². The van der Waals surface area contributed by atoms with Crippen LogP contribution in [-0.2, 0) is 4.79 Å². The molecule has 0 heterocycles. The largest absolute Gasteiger partial charge is 0.495 e. The number of para-hydroxylation sites is 2. The van der Waals surface area contributed by atoms with Crippen molar-refractivity contribution in [2.24, 2.45) is 5.73 Å². The van der Waals surface area contributed by atoms with Crippen molar-refractivity contribution in [2.45, 2.75) is 26.2 Å². The number of amides is 1. The van der Waals surface area contributed by atoms with E-state index in [-0.39, 0.29) is 5.91 Å². The van der Waals surface area contributed by atoms with E-state index in [1.807, 2.05) is 29.2 Å². The molecule has 0 aliphatic rings. The number of nitrogens with two attached hydrogens (primary N) is 1. The molecule has 0 saturated carbocycles. The smallest absolute Gasteiger partial charge is 0.239 e. The highest BCUT2D eigenvalue weighted by atomic mass is 16.5. The number of unbranched alkanes of at least 4 members (excludes halogenated alkanes) is 1. The Hall–Kier alpha value is -1.75. The highest BCUT2D eigenvalue weighted by Crippen LogP contribution is 2.27. The van der Waals surface area contributed by atoms with Gasteiger partial charge in [0.2, 0.25) is 5.91 Å². The molecule has 0 spiro atoms. The number of methoxy groups -OCH3 is 1. The van der Waals surface area contributed by atoms with E-state index in [4.69, 9.17) is 10.5 Å². The number of nitrogens with one attached hydrogen (secondary N) is 1. The predicted octanol–water partition coefficient (Wildman–Crippen LogP) is 1.77. The quantitative estimate of drug-likeness (QED) is 0.645. The van der Waals surface area contributed by atoms with Crippen LogP contribution in [0.25, 0.3) is 0 Å². The molecule has 1 amide bonds. The van der Waals surface area contributed by atoms with Crippen molar-refractivity contribution in [2.75, 3.05) is 38.2 Å². The number of rotatable bonds is 10. The van der Waals surface area contributed by atoms with Gasteiger partial charge in [0.25, 0.3) is 0 Å². The lowest BCUT2D eigenvalue weighted by molar-refractivity contribution is -0.119. The maximum atomic E-state index is 12.0. The molecule has 0 aliphatic carbocycles. The van der Waals surface area contributed by atoms with E-state index in [0.717, 1.165) is 43.8 Å². The first-order valence-corrected chi connectivity index (χ1v) is 7.57. The first-order chi connectivity index (χ1) is 10.2. The number of anilines is 1. The average Bonchev–Trinajstić information content (AvgIpc) is 2.51. The second-order valence-electron chi connectivity index (χ2n) is 4.94. The van der Waals surface area contributed by atoms with Crippen molar-refractivity contribution in [3.8, 4) is 5.75 Å². The Labute approximate surface area is 127 Å². The molecule has 5 heteroatoms. The van der Waals surface area contributed by atoms with Crippen molar-refractivity contribution in [1.82, 2.24) is 5.32 Å². The highest BCUT2D eigenvalue weighted by Gasteiger charge is 2.14. The number of nitrogens with zero attached hydrogens (tertiary/aromatic N) is 1. The Bertz CT molecular complexity index is 424. The molecular formula is C16H27N3O2. The van der Waals surface area contributed by atoms with Crippen molar-refractivity contribution >= 4 is 11.6 Å². The fraction of sp³-hybridized carbons (Fsp3) is 0.562. The summed E-state index contributed by atoms with van der Waals surface area (Å²) in [5.41, 5.74) is 6.53. The second-order valence-corrected chi connectivity index (χ2v) is 4.94. The lowest BCUT2D eigenvalue weighted by atomic mass is 10.2. The van der Waals surface area contributed by atoms with Gasteiger partial charge in [0.15, 0.2) is 0 Å². The fourth-order valence-electron chi connectivity index (χ4n) is 2.09. The van der Waals surface area contributed by atoms with Crippen molar-refractivity contribution in [3.63, 3.8) is 0 Å². The zero-order valence-corrected chi connectivity index (χ0v) is 13.1. The van der Waals surface area contributed by atoms with E-state index < -0.39 is 0 Å². The van der Waals surface area contributed by atoms with Crippen LogP contribution < -0.4 is 20.7 Å². The van der Waals surface area contributed by atoms with E-state index in [1.165, 1.54) is 0 Å². The molecule has 0 fully saturated rings. The van der Waals surface area contributed by atoms with Crippen molar-refractivity contribution in [3.05, 3.63) is 24.3 Å². The molecule has 0 saturated heterocycles. The second kappa shape index (κ2) is 10.0. The van der Waals surface area contributed by atoms with Crippen LogP contribution in [0.1, 0.15) is 26.2 Å². The molecule has 0 aliphatic heterocycles. The Kier molecular flexibility index (Phi) is 8.28. The van der Waals surface area contributed by atoms with E-state index in [1.54, 1.807) is 7.11 Å².